The first kappa shape index (κ1) is 13.7. The third kappa shape index (κ3) is 4.20. The number of carboxylic acid groups (broad SMARTS) is 1. The van der Waals surface area contributed by atoms with Gasteiger partial charge in [-0.05, 0) is 20.8 Å². The van der Waals surface area contributed by atoms with Gasteiger partial charge in [0, 0.05) is 0 Å². The maximum Gasteiger partial charge on any atom is 0.413 e. The number of hydrogen-bond donors (Lipinski definition) is 2. The van der Waals surface area contributed by atoms with Crippen molar-refractivity contribution in [2.24, 2.45) is 0 Å². The van der Waals surface area contributed by atoms with Crippen molar-refractivity contribution in [2.75, 3.05) is 5.32 Å². The summed E-state index contributed by atoms with van der Waals surface area (Å²) < 4.78 is 5.00. The number of carbonyl (C=O) groups is 2. The van der Waals surface area contributed by atoms with Gasteiger partial charge in [0.1, 0.15) is 5.60 Å². The molecular weight excluding hydrogens is 268 g/mol. The van der Waals surface area contributed by atoms with Crippen LogP contribution in [0.25, 0.3) is 0 Å². The summed E-state index contributed by atoms with van der Waals surface area (Å²) in [7, 11) is 0. The maximum absolute atomic E-state index is 11.4. The van der Waals surface area contributed by atoms with E-state index in [1.165, 1.54) is 0 Å². The van der Waals surface area contributed by atoms with Gasteiger partial charge in [-0.25, -0.2) is 14.6 Å². The summed E-state index contributed by atoms with van der Waals surface area (Å²) in [6.45, 7) is 5.08. The van der Waals surface area contributed by atoms with Gasteiger partial charge in [-0.3, -0.25) is 5.32 Å². The van der Waals surface area contributed by atoms with Gasteiger partial charge in [0.25, 0.3) is 0 Å². The van der Waals surface area contributed by atoms with E-state index in [0.29, 0.717) is 0 Å². The molecule has 0 aromatic carbocycles. The molecule has 0 saturated heterocycles. The van der Waals surface area contributed by atoms with Crippen LogP contribution in [0.5, 0.6) is 0 Å². The average Bonchev–Trinajstić information content (AvgIpc) is 2.42. The van der Waals surface area contributed by atoms with E-state index in [-0.39, 0.29) is 15.2 Å². The molecule has 17 heavy (non-hydrogen) atoms. The van der Waals surface area contributed by atoms with Crippen molar-refractivity contribution in [2.45, 2.75) is 26.4 Å². The number of aromatic carboxylic acids is 1. The summed E-state index contributed by atoms with van der Waals surface area (Å²) >= 11 is 6.35. The fourth-order valence-electron chi connectivity index (χ4n) is 0.924. The Morgan fingerprint density at radius 1 is 1.47 bits per heavy atom. The number of anilines is 1. The van der Waals surface area contributed by atoms with Crippen molar-refractivity contribution >= 4 is 40.8 Å². The molecule has 0 atom stereocenters. The van der Waals surface area contributed by atoms with Gasteiger partial charge in [0.15, 0.2) is 15.2 Å². The Morgan fingerprint density at radius 2 is 2.06 bits per heavy atom. The van der Waals surface area contributed by atoms with Crippen LogP contribution in [0.2, 0.25) is 4.47 Å². The molecule has 0 unspecified atom stereocenters. The molecule has 1 heterocycles. The lowest BCUT2D eigenvalue weighted by Crippen LogP contribution is -2.27. The zero-order valence-electron chi connectivity index (χ0n) is 9.41. The molecule has 0 aliphatic heterocycles. The molecule has 1 aromatic heterocycles. The number of hydrogen-bond acceptors (Lipinski definition) is 5. The number of amides is 1. The number of carbonyl (C=O) groups excluding carboxylic acids is 1. The minimum absolute atomic E-state index is 0.0356. The molecule has 0 spiro atoms. The second kappa shape index (κ2) is 4.89. The molecule has 0 fully saturated rings. The smallest absolute Gasteiger partial charge is 0.413 e. The van der Waals surface area contributed by atoms with Crippen molar-refractivity contribution in [3.63, 3.8) is 0 Å². The van der Waals surface area contributed by atoms with E-state index in [9.17, 15) is 9.59 Å². The number of thiazole rings is 1. The van der Waals surface area contributed by atoms with E-state index >= 15 is 0 Å². The first-order valence-electron chi connectivity index (χ1n) is 4.58. The van der Waals surface area contributed by atoms with Crippen molar-refractivity contribution in [3.05, 3.63) is 9.34 Å². The number of rotatable bonds is 2. The van der Waals surface area contributed by atoms with Gasteiger partial charge < -0.3 is 9.84 Å². The number of aromatic nitrogens is 1. The Kier molecular flexibility index (Phi) is 3.94. The molecule has 0 aliphatic carbocycles. The second-order valence-corrected chi connectivity index (χ2v) is 5.66. The molecule has 0 radical (unpaired) electrons. The first-order chi connectivity index (χ1) is 7.69. The van der Waals surface area contributed by atoms with Gasteiger partial charge >= 0.3 is 12.1 Å². The van der Waals surface area contributed by atoms with Crippen LogP contribution in [-0.4, -0.2) is 27.8 Å². The fourth-order valence-corrected chi connectivity index (χ4v) is 1.83. The quantitative estimate of drug-likeness (QED) is 0.868. The third-order valence-electron chi connectivity index (χ3n) is 1.41. The SMILES string of the molecule is CC(C)(C)OC(=O)Nc1nc(Cl)sc1C(=O)O. The Labute approximate surface area is 107 Å². The topological polar surface area (TPSA) is 88.5 Å². The lowest BCUT2D eigenvalue weighted by Gasteiger charge is -2.19. The van der Waals surface area contributed by atoms with Gasteiger partial charge in [0.2, 0.25) is 0 Å². The van der Waals surface area contributed by atoms with Crippen molar-refractivity contribution < 1.29 is 19.4 Å². The fraction of sp³-hybridized carbons (Fsp3) is 0.444. The lowest BCUT2D eigenvalue weighted by molar-refractivity contribution is 0.0635. The molecule has 8 heteroatoms. The number of carboxylic acids is 1. The molecule has 0 saturated carbocycles. The zero-order valence-corrected chi connectivity index (χ0v) is 11.0. The van der Waals surface area contributed by atoms with Crippen LogP contribution in [0.1, 0.15) is 30.4 Å². The van der Waals surface area contributed by atoms with Crippen molar-refractivity contribution in [1.82, 2.24) is 4.98 Å². The number of nitrogens with zero attached hydrogens (tertiary/aromatic N) is 1. The second-order valence-electron chi connectivity index (χ2n) is 4.08. The molecule has 0 aliphatic rings. The van der Waals surface area contributed by atoms with Gasteiger partial charge in [-0.15, -0.1) is 0 Å². The first-order valence-corrected chi connectivity index (χ1v) is 5.78. The molecular formula is C9H11ClN2O4S. The van der Waals surface area contributed by atoms with Crippen LogP contribution in [0.15, 0.2) is 0 Å². The standard InChI is InChI=1S/C9H11ClN2O4S/c1-9(2,3)16-8(15)12-5-4(6(13)14)17-7(10)11-5/h1-3H3,(H,12,15)(H,13,14). The largest absolute Gasteiger partial charge is 0.477 e. The highest BCUT2D eigenvalue weighted by atomic mass is 35.5. The lowest BCUT2D eigenvalue weighted by atomic mass is 10.2. The Bertz CT molecular complexity index is 452. The number of halogens is 1. The average molecular weight is 279 g/mol. The van der Waals surface area contributed by atoms with Crippen LogP contribution in [0, 0.1) is 0 Å². The summed E-state index contributed by atoms with van der Waals surface area (Å²) in [5, 5.41) is 11.1. The van der Waals surface area contributed by atoms with Crippen LogP contribution in [0.4, 0.5) is 10.6 Å². The molecule has 2 N–H and O–H groups in total. The molecule has 94 valence electrons. The number of ether oxygens (including phenoxy) is 1. The van der Waals surface area contributed by atoms with E-state index < -0.39 is 17.7 Å². The Morgan fingerprint density at radius 3 is 2.53 bits per heavy atom. The molecule has 6 nitrogen and oxygen atoms in total. The monoisotopic (exact) mass is 278 g/mol. The van der Waals surface area contributed by atoms with Crippen molar-refractivity contribution in [3.8, 4) is 0 Å². The summed E-state index contributed by atoms with van der Waals surface area (Å²) in [6.07, 6.45) is -0.776. The van der Waals surface area contributed by atoms with E-state index in [4.69, 9.17) is 21.4 Å². The van der Waals surface area contributed by atoms with Crippen LogP contribution in [0.3, 0.4) is 0 Å². The zero-order chi connectivity index (χ0) is 13.2. The molecule has 1 amide bonds. The number of nitrogens with one attached hydrogen (secondary N) is 1. The van der Waals surface area contributed by atoms with E-state index in [2.05, 4.69) is 10.3 Å². The van der Waals surface area contributed by atoms with E-state index in [1.807, 2.05) is 0 Å². The molecule has 1 aromatic rings. The van der Waals surface area contributed by atoms with Gasteiger partial charge in [0.05, 0.1) is 0 Å². The highest BCUT2D eigenvalue weighted by Gasteiger charge is 2.22. The Balaban J connectivity index is 2.81. The molecule has 0 bridgehead atoms. The highest BCUT2D eigenvalue weighted by molar-refractivity contribution is 7.18. The van der Waals surface area contributed by atoms with Crippen molar-refractivity contribution in [1.29, 1.82) is 0 Å². The summed E-state index contributed by atoms with van der Waals surface area (Å²) in [5.74, 6) is -1.32. The van der Waals surface area contributed by atoms with Gasteiger partial charge in [-0.2, -0.15) is 0 Å². The maximum atomic E-state index is 11.4. The Hall–Kier alpha value is -1.34. The summed E-state index contributed by atoms with van der Waals surface area (Å²) in [4.78, 5) is 25.8. The van der Waals surface area contributed by atoms with Crippen LogP contribution < -0.4 is 5.32 Å². The predicted octanol–water partition coefficient (Wildman–Crippen LogP) is 2.84. The third-order valence-corrected chi connectivity index (χ3v) is 2.56. The molecule has 1 rings (SSSR count). The van der Waals surface area contributed by atoms with E-state index in [1.54, 1.807) is 20.8 Å². The minimum Gasteiger partial charge on any atom is -0.477 e. The van der Waals surface area contributed by atoms with Gasteiger partial charge in [-0.1, -0.05) is 22.9 Å². The van der Waals surface area contributed by atoms with Crippen LogP contribution in [-0.2, 0) is 4.74 Å². The normalized spacial score (nSPS) is 11.1. The van der Waals surface area contributed by atoms with Crippen LogP contribution >= 0.6 is 22.9 Å². The summed E-state index contributed by atoms with van der Waals surface area (Å²) in [5.41, 5.74) is -0.673. The predicted molar refractivity (Wildman–Crippen MR) is 63.9 cm³/mol. The summed E-state index contributed by atoms with van der Waals surface area (Å²) in [6, 6.07) is 0. The highest BCUT2D eigenvalue weighted by Crippen LogP contribution is 2.27. The minimum atomic E-state index is -1.21. The van der Waals surface area contributed by atoms with E-state index in [0.717, 1.165) is 11.3 Å².